The van der Waals surface area contributed by atoms with Crippen LogP contribution in [0.5, 0.6) is 0 Å². The van der Waals surface area contributed by atoms with E-state index >= 15 is 0 Å². The molecule has 0 spiro atoms. The maximum Gasteiger partial charge on any atom is 0.231 e. The van der Waals surface area contributed by atoms with Crippen LogP contribution >= 0.6 is 0 Å². The van der Waals surface area contributed by atoms with Crippen molar-refractivity contribution < 1.29 is 9.90 Å². The van der Waals surface area contributed by atoms with Gasteiger partial charge in [0.25, 0.3) is 0 Å². The number of carbonyl (C=O) groups excluding carboxylic acids is 1. The molecule has 1 aliphatic heterocycles. The first kappa shape index (κ1) is 11.1. The predicted molar refractivity (Wildman–Crippen MR) is 60.7 cm³/mol. The molecule has 0 saturated carbocycles. The molecule has 1 unspecified atom stereocenters. The summed E-state index contributed by atoms with van der Waals surface area (Å²) in [6.45, 7) is 0.294. The molecule has 5 nitrogen and oxygen atoms in total. The Hall–Kier alpha value is -1.43. The van der Waals surface area contributed by atoms with E-state index in [9.17, 15) is 9.90 Å². The van der Waals surface area contributed by atoms with Crippen LogP contribution in [-0.2, 0) is 11.2 Å². The van der Waals surface area contributed by atoms with Gasteiger partial charge in [-0.15, -0.1) is 0 Å². The summed E-state index contributed by atoms with van der Waals surface area (Å²) in [4.78, 5) is 13.1. The number of fused-ring (bicyclic) bond motifs is 1. The normalized spacial score (nSPS) is 16.4. The van der Waals surface area contributed by atoms with Gasteiger partial charge in [-0.1, -0.05) is 12.1 Å². The number of carbonyl (C=O) groups is 1. The first-order chi connectivity index (χ1) is 7.63. The van der Waals surface area contributed by atoms with Gasteiger partial charge < -0.3 is 10.0 Å². The number of amides is 1. The third kappa shape index (κ3) is 1.80. The molecule has 16 heavy (non-hydrogen) atoms. The van der Waals surface area contributed by atoms with Crippen LogP contribution in [0.4, 0.5) is 5.69 Å². The van der Waals surface area contributed by atoms with Gasteiger partial charge >= 0.3 is 0 Å². The van der Waals surface area contributed by atoms with Crippen molar-refractivity contribution in [2.75, 3.05) is 18.5 Å². The Morgan fingerprint density at radius 2 is 2.38 bits per heavy atom. The SMILES string of the molecule is CN1C(=O)Cc2cc(C(O)CNN)ccc21. The van der Waals surface area contributed by atoms with Gasteiger partial charge in [-0.25, -0.2) is 0 Å². The molecule has 1 heterocycles. The molecule has 1 atom stereocenters. The third-order valence-corrected chi connectivity index (χ3v) is 2.88. The highest BCUT2D eigenvalue weighted by Gasteiger charge is 2.24. The van der Waals surface area contributed by atoms with Gasteiger partial charge in [-0.3, -0.25) is 16.1 Å². The Morgan fingerprint density at radius 1 is 1.62 bits per heavy atom. The summed E-state index contributed by atoms with van der Waals surface area (Å²) in [6.07, 6.45) is -0.237. The summed E-state index contributed by atoms with van der Waals surface area (Å²) < 4.78 is 0. The largest absolute Gasteiger partial charge is 0.387 e. The highest BCUT2D eigenvalue weighted by atomic mass is 16.3. The lowest BCUT2D eigenvalue weighted by Crippen LogP contribution is -2.27. The molecule has 1 aliphatic rings. The number of anilines is 1. The summed E-state index contributed by atoms with van der Waals surface area (Å²) in [6, 6.07) is 5.53. The van der Waals surface area contributed by atoms with Crippen molar-refractivity contribution in [1.29, 1.82) is 0 Å². The number of hydrogen-bond acceptors (Lipinski definition) is 4. The molecular weight excluding hydrogens is 206 g/mol. The molecule has 1 amide bonds. The van der Waals surface area contributed by atoms with E-state index in [1.165, 1.54) is 0 Å². The van der Waals surface area contributed by atoms with Crippen molar-refractivity contribution >= 4 is 11.6 Å². The van der Waals surface area contributed by atoms with E-state index in [0.29, 0.717) is 13.0 Å². The number of nitrogens with zero attached hydrogens (tertiary/aromatic N) is 1. The Labute approximate surface area is 93.8 Å². The third-order valence-electron chi connectivity index (χ3n) is 2.88. The second kappa shape index (κ2) is 4.21. The van der Waals surface area contributed by atoms with Crippen LogP contribution < -0.4 is 16.2 Å². The van der Waals surface area contributed by atoms with Crippen LogP contribution in [0.3, 0.4) is 0 Å². The Kier molecular flexibility index (Phi) is 2.91. The number of hydrazine groups is 1. The van der Waals surface area contributed by atoms with Gasteiger partial charge in [0.05, 0.1) is 12.5 Å². The molecule has 0 saturated heterocycles. The lowest BCUT2D eigenvalue weighted by Gasteiger charge is -2.13. The summed E-state index contributed by atoms with van der Waals surface area (Å²) in [5.74, 6) is 5.23. The van der Waals surface area contributed by atoms with Gasteiger partial charge in [-0.2, -0.15) is 0 Å². The van der Waals surface area contributed by atoms with Crippen LogP contribution in [0.2, 0.25) is 0 Å². The lowest BCUT2D eigenvalue weighted by atomic mass is 10.0. The fourth-order valence-corrected chi connectivity index (χ4v) is 1.93. The number of benzene rings is 1. The van der Waals surface area contributed by atoms with Gasteiger partial charge in [0, 0.05) is 19.3 Å². The van der Waals surface area contributed by atoms with Crippen molar-refractivity contribution in [1.82, 2.24) is 5.43 Å². The van der Waals surface area contributed by atoms with Gasteiger partial charge in [0.15, 0.2) is 0 Å². The molecule has 0 fully saturated rings. The van der Waals surface area contributed by atoms with Crippen LogP contribution in [0.25, 0.3) is 0 Å². The van der Waals surface area contributed by atoms with E-state index in [1.54, 1.807) is 11.9 Å². The molecule has 1 aromatic carbocycles. The second-order valence-corrected chi connectivity index (χ2v) is 3.94. The molecule has 1 aromatic rings. The minimum atomic E-state index is -0.642. The highest BCUT2D eigenvalue weighted by Crippen LogP contribution is 2.29. The zero-order valence-electron chi connectivity index (χ0n) is 9.10. The van der Waals surface area contributed by atoms with Gasteiger partial charge in [-0.05, 0) is 17.2 Å². The lowest BCUT2D eigenvalue weighted by molar-refractivity contribution is -0.117. The van der Waals surface area contributed by atoms with Crippen LogP contribution in [0.15, 0.2) is 18.2 Å². The number of aliphatic hydroxyl groups excluding tert-OH is 1. The Morgan fingerprint density at radius 3 is 3.06 bits per heavy atom. The summed E-state index contributed by atoms with van der Waals surface area (Å²) in [5, 5.41) is 9.74. The average molecular weight is 221 g/mol. The van der Waals surface area contributed by atoms with Gasteiger partial charge in [0.1, 0.15) is 0 Å². The van der Waals surface area contributed by atoms with E-state index in [2.05, 4.69) is 5.43 Å². The number of rotatable bonds is 3. The first-order valence-electron chi connectivity index (χ1n) is 5.14. The van der Waals surface area contributed by atoms with Crippen molar-refractivity contribution in [3.8, 4) is 0 Å². The van der Waals surface area contributed by atoms with E-state index in [-0.39, 0.29) is 5.91 Å². The molecule has 0 aliphatic carbocycles. The van der Waals surface area contributed by atoms with E-state index in [4.69, 9.17) is 5.84 Å². The molecule has 86 valence electrons. The Bertz CT molecular complexity index is 420. The molecule has 4 N–H and O–H groups in total. The summed E-state index contributed by atoms with van der Waals surface area (Å²) in [5.41, 5.74) is 5.08. The zero-order valence-corrected chi connectivity index (χ0v) is 9.10. The molecule has 2 rings (SSSR count). The fraction of sp³-hybridized carbons (Fsp3) is 0.364. The van der Waals surface area contributed by atoms with E-state index < -0.39 is 6.10 Å². The number of likely N-dealkylation sites (N-methyl/N-ethyl adjacent to an activating group) is 1. The minimum Gasteiger partial charge on any atom is -0.387 e. The highest BCUT2D eigenvalue weighted by molar-refractivity contribution is 6.00. The monoisotopic (exact) mass is 221 g/mol. The fourth-order valence-electron chi connectivity index (χ4n) is 1.93. The number of nitrogens with one attached hydrogen (secondary N) is 1. The maximum atomic E-state index is 11.5. The number of nitrogens with two attached hydrogens (primary N) is 1. The standard InChI is InChI=1S/C11H15N3O2/c1-14-9-3-2-7(10(15)6-13-12)4-8(9)5-11(14)16/h2-4,10,13,15H,5-6,12H2,1H3. The topological polar surface area (TPSA) is 78.6 Å². The molecule has 0 aromatic heterocycles. The van der Waals surface area contributed by atoms with Crippen LogP contribution in [0.1, 0.15) is 17.2 Å². The van der Waals surface area contributed by atoms with Crippen molar-refractivity contribution in [3.05, 3.63) is 29.3 Å². The first-order valence-corrected chi connectivity index (χ1v) is 5.14. The smallest absolute Gasteiger partial charge is 0.231 e. The van der Waals surface area contributed by atoms with Crippen molar-refractivity contribution in [2.45, 2.75) is 12.5 Å². The molecular formula is C11H15N3O2. The van der Waals surface area contributed by atoms with Gasteiger partial charge in [0.2, 0.25) is 5.91 Å². The number of hydrogen-bond donors (Lipinski definition) is 3. The zero-order chi connectivity index (χ0) is 11.7. The minimum absolute atomic E-state index is 0.0820. The molecule has 5 heteroatoms. The van der Waals surface area contributed by atoms with E-state index in [0.717, 1.165) is 16.8 Å². The average Bonchev–Trinajstić information content (AvgIpc) is 2.55. The number of aliphatic hydroxyl groups is 1. The molecule has 0 bridgehead atoms. The maximum absolute atomic E-state index is 11.5. The predicted octanol–water partition coefficient (Wildman–Crippen LogP) is -0.298. The summed E-state index contributed by atoms with van der Waals surface area (Å²) in [7, 11) is 1.76. The van der Waals surface area contributed by atoms with Crippen LogP contribution in [0, 0.1) is 0 Å². The van der Waals surface area contributed by atoms with Crippen molar-refractivity contribution in [2.24, 2.45) is 5.84 Å². The van der Waals surface area contributed by atoms with E-state index in [1.807, 2.05) is 18.2 Å². The molecule has 0 radical (unpaired) electrons. The quantitative estimate of drug-likeness (QED) is 0.484. The summed E-state index contributed by atoms with van der Waals surface area (Å²) >= 11 is 0. The second-order valence-electron chi connectivity index (χ2n) is 3.94. The van der Waals surface area contributed by atoms with Crippen LogP contribution in [-0.4, -0.2) is 24.6 Å². The van der Waals surface area contributed by atoms with Crippen molar-refractivity contribution in [3.63, 3.8) is 0 Å². The Balaban J connectivity index is 2.28.